The fourth-order valence-electron chi connectivity index (χ4n) is 0.817. The molecule has 0 saturated heterocycles. The van der Waals surface area contributed by atoms with Gasteiger partial charge in [-0.2, -0.15) is 4.98 Å². The molecular formula is C8H10ClN3O3. The average Bonchev–Trinajstić information content (AvgIpc) is 2.21. The van der Waals surface area contributed by atoms with E-state index in [0.29, 0.717) is 0 Å². The molecule has 0 spiro atoms. The zero-order valence-corrected chi connectivity index (χ0v) is 8.95. The Bertz CT molecular complexity index is 372. The maximum Gasteiger partial charge on any atom is 0.325 e. The predicted octanol–water partition coefficient (Wildman–Crippen LogP) is 1.02. The molecule has 0 unspecified atom stereocenters. The van der Waals surface area contributed by atoms with E-state index in [1.807, 2.05) is 0 Å². The Morgan fingerprint density at radius 1 is 1.73 bits per heavy atom. The highest BCUT2D eigenvalue weighted by atomic mass is 35.5. The number of rotatable bonds is 4. The van der Waals surface area contributed by atoms with Crippen molar-refractivity contribution in [1.29, 1.82) is 0 Å². The summed E-state index contributed by atoms with van der Waals surface area (Å²) >= 11 is 5.77. The van der Waals surface area contributed by atoms with Crippen LogP contribution in [0.5, 0.6) is 6.01 Å². The molecule has 0 aliphatic heterocycles. The van der Waals surface area contributed by atoms with E-state index in [-0.39, 0.29) is 16.9 Å². The lowest BCUT2D eigenvalue weighted by Gasteiger charge is -2.11. The molecule has 1 atom stereocenters. The van der Waals surface area contributed by atoms with E-state index in [2.05, 4.69) is 15.3 Å². The van der Waals surface area contributed by atoms with Crippen molar-refractivity contribution in [3.63, 3.8) is 0 Å². The highest BCUT2D eigenvalue weighted by molar-refractivity contribution is 6.32. The van der Waals surface area contributed by atoms with E-state index in [0.717, 1.165) is 0 Å². The van der Waals surface area contributed by atoms with Gasteiger partial charge in [0, 0.05) is 0 Å². The van der Waals surface area contributed by atoms with Gasteiger partial charge in [0.15, 0.2) is 5.82 Å². The number of methoxy groups -OCH3 is 1. The molecule has 1 aromatic heterocycles. The molecule has 0 aromatic carbocycles. The minimum atomic E-state index is -0.997. The highest BCUT2D eigenvalue weighted by Crippen LogP contribution is 2.20. The highest BCUT2D eigenvalue weighted by Gasteiger charge is 2.14. The molecule has 1 rings (SSSR count). The number of halogens is 1. The number of nitrogens with one attached hydrogen (secondary N) is 1. The zero-order chi connectivity index (χ0) is 11.4. The molecule has 0 bridgehead atoms. The summed E-state index contributed by atoms with van der Waals surface area (Å²) in [7, 11) is 1.41. The lowest BCUT2D eigenvalue weighted by molar-refractivity contribution is -0.137. The quantitative estimate of drug-likeness (QED) is 0.805. The van der Waals surface area contributed by atoms with Crippen LogP contribution in [0.2, 0.25) is 5.02 Å². The fourth-order valence-corrected chi connectivity index (χ4v) is 0.963. The molecule has 0 aliphatic carbocycles. The first kappa shape index (κ1) is 11.5. The number of carbonyl (C=O) groups is 1. The smallest absolute Gasteiger partial charge is 0.325 e. The van der Waals surface area contributed by atoms with E-state index in [9.17, 15) is 4.79 Å². The number of aromatic nitrogens is 2. The third-order valence-electron chi connectivity index (χ3n) is 1.63. The van der Waals surface area contributed by atoms with Crippen molar-refractivity contribution >= 4 is 23.4 Å². The summed E-state index contributed by atoms with van der Waals surface area (Å²) in [4.78, 5) is 18.2. The van der Waals surface area contributed by atoms with Crippen LogP contribution in [0.1, 0.15) is 6.92 Å². The lowest BCUT2D eigenvalue weighted by atomic mass is 10.3. The summed E-state index contributed by atoms with van der Waals surface area (Å²) in [5.74, 6) is -0.762. The van der Waals surface area contributed by atoms with Crippen molar-refractivity contribution < 1.29 is 14.6 Å². The number of nitrogens with zero attached hydrogens (tertiary/aromatic N) is 2. The normalized spacial score (nSPS) is 11.9. The first-order valence-electron chi connectivity index (χ1n) is 4.10. The van der Waals surface area contributed by atoms with Crippen LogP contribution in [0, 0.1) is 0 Å². The standard InChI is InChI=1S/C8H10ClN3O3/c1-4(7(13)14)11-6-5(9)3-10-8(12-6)15-2/h3-4H,1-2H3,(H,13,14)(H,10,11,12)/t4-/m0/s1. The van der Waals surface area contributed by atoms with E-state index in [4.69, 9.17) is 21.4 Å². The van der Waals surface area contributed by atoms with Gasteiger partial charge in [-0.15, -0.1) is 0 Å². The Labute approximate surface area is 91.3 Å². The van der Waals surface area contributed by atoms with Gasteiger partial charge in [0.25, 0.3) is 0 Å². The lowest BCUT2D eigenvalue weighted by Crippen LogP contribution is -2.26. The number of carboxylic acid groups (broad SMARTS) is 1. The van der Waals surface area contributed by atoms with Crippen molar-refractivity contribution in [3.05, 3.63) is 11.2 Å². The molecule has 0 saturated carbocycles. The Balaban J connectivity index is 2.88. The van der Waals surface area contributed by atoms with Gasteiger partial charge < -0.3 is 15.2 Å². The summed E-state index contributed by atoms with van der Waals surface area (Å²) in [5.41, 5.74) is 0. The molecule has 0 amide bonds. The van der Waals surface area contributed by atoms with Crippen molar-refractivity contribution in [2.24, 2.45) is 0 Å². The third kappa shape index (κ3) is 2.95. The Hall–Kier alpha value is -1.56. The molecule has 1 aromatic rings. The number of hydrogen-bond acceptors (Lipinski definition) is 5. The summed E-state index contributed by atoms with van der Waals surface area (Å²) < 4.78 is 4.78. The molecule has 2 N–H and O–H groups in total. The first-order chi connectivity index (χ1) is 7.04. The van der Waals surface area contributed by atoms with Gasteiger partial charge >= 0.3 is 12.0 Å². The first-order valence-corrected chi connectivity index (χ1v) is 4.48. The molecular weight excluding hydrogens is 222 g/mol. The van der Waals surface area contributed by atoms with Gasteiger partial charge in [-0.3, -0.25) is 4.79 Å². The second-order valence-electron chi connectivity index (χ2n) is 2.76. The minimum absolute atomic E-state index is 0.125. The summed E-state index contributed by atoms with van der Waals surface area (Å²) in [6.45, 7) is 1.48. The molecule has 1 heterocycles. The molecule has 0 aliphatic rings. The van der Waals surface area contributed by atoms with Gasteiger partial charge in [-0.1, -0.05) is 11.6 Å². The monoisotopic (exact) mass is 231 g/mol. The van der Waals surface area contributed by atoms with Crippen LogP contribution in [0.15, 0.2) is 6.20 Å². The molecule has 15 heavy (non-hydrogen) atoms. The Kier molecular flexibility index (Phi) is 3.68. The molecule has 7 heteroatoms. The fraction of sp³-hybridized carbons (Fsp3) is 0.375. The largest absolute Gasteiger partial charge is 0.480 e. The van der Waals surface area contributed by atoms with Crippen molar-refractivity contribution in [2.45, 2.75) is 13.0 Å². The van der Waals surface area contributed by atoms with Crippen LogP contribution >= 0.6 is 11.6 Å². The van der Waals surface area contributed by atoms with Gasteiger partial charge in [0.1, 0.15) is 11.1 Å². The Morgan fingerprint density at radius 3 is 2.93 bits per heavy atom. The second-order valence-corrected chi connectivity index (χ2v) is 3.16. The predicted molar refractivity (Wildman–Crippen MR) is 54.3 cm³/mol. The molecule has 6 nitrogen and oxygen atoms in total. The summed E-state index contributed by atoms with van der Waals surface area (Å²) in [6, 6.07) is -0.665. The van der Waals surface area contributed by atoms with Crippen molar-refractivity contribution in [3.8, 4) is 6.01 Å². The second kappa shape index (κ2) is 4.79. The number of ether oxygens (including phenoxy) is 1. The van der Waals surface area contributed by atoms with E-state index < -0.39 is 12.0 Å². The van der Waals surface area contributed by atoms with Crippen LogP contribution in [0.4, 0.5) is 5.82 Å². The Morgan fingerprint density at radius 2 is 2.40 bits per heavy atom. The topological polar surface area (TPSA) is 84.3 Å². The number of anilines is 1. The van der Waals surface area contributed by atoms with Gasteiger partial charge in [0.05, 0.1) is 13.3 Å². The minimum Gasteiger partial charge on any atom is -0.480 e. The van der Waals surface area contributed by atoms with E-state index in [1.54, 1.807) is 0 Å². The third-order valence-corrected chi connectivity index (χ3v) is 1.90. The SMILES string of the molecule is COc1ncc(Cl)c(N[C@@H](C)C(=O)O)n1. The number of carboxylic acids is 1. The molecule has 0 radical (unpaired) electrons. The maximum absolute atomic E-state index is 10.6. The van der Waals surface area contributed by atoms with Crippen LogP contribution < -0.4 is 10.1 Å². The van der Waals surface area contributed by atoms with E-state index in [1.165, 1.54) is 20.2 Å². The van der Waals surface area contributed by atoms with Crippen LogP contribution in [-0.4, -0.2) is 34.2 Å². The molecule has 0 fully saturated rings. The maximum atomic E-state index is 10.6. The molecule has 82 valence electrons. The van der Waals surface area contributed by atoms with Gasteiger partial charge in [-0.25, -0.2) is 4.98 Å². The van der Waals surface area contributed by atoms with Crippen molar-refractivity contribution in [2.75, 3.05) is 12.4 Å². The van der Waals surface area contributed by atoms with E-state index >= 15 is 0 Å². The van der Waals surface area contributed by atoms with Gasteiger partial charge in [-0.05, 0) is 6.92 Å². The average molecular weight is 232 g/mol. The summed E-state index contributed by atoms with van der Waals surface area (Å²) in [5, 5.41) is 11.5. The zero-order valence-electron chi connectivity index (χ0n) is 8.19. The van der Waals surface area contributed by atoms with Gasteiger partial charge in [0.2, 0.25) is 0 Å². The van der Waals surface area contributed by atoms with Crippen LogP contribution in [0.3, 0.4) is 0 Å². The summed E-state index contributed by atoms with van der Waals surface area (Å²) in [6.07, 6.45) is 1.34. The van der Waals surface area contributed by atoms with Crippen molar-refractivity contribution in [1.82, 2.24) is 9.97 Å². The number of aliphatic carboxylic acids is 1. The number of hydrogen-bond donors (Lipinski definition) is 2. The van der Waals surface area contributed by atoms with Crippen LogP contribution in [0.25, 0.3) is 0 Å². The van der Waals surface area contributed by atoms with Crippen LogP contribution in [-0.2, 0) is 4.79 Å².